The van der Waals surface area contributed by atoms with E-state index in [2.05, 4.69) is 62.4 Å². The Morgan fingerprint density at radius 2 is 1.92 bits per heavy atom. The fourth-order valence-electron chi connectivity index (χ4n) is 3.19. The van der Waals surface area contributed by atoms with Gasteiger partial charge in [-0.25, -0.2) is 0 Å². The fraction of sp³-hybridized carbons (Fsp3) is 0.500. The molecule has 0 spiro atoms. The summed E-state index contributed by atoms with van der Waals surface area (Å²) >= 11 is 0. The second-order valence-electron chi connectivity index (χ2n) is 6.45. The lowest BCUT2D eigenvalue weighted by atomic mass is 10.1. The van der Waals surface area contributed by atoms with Crippen LogP contribution in [0.1, 0.15) is 17.0 Å². The highest BCUT2D eigenvalue weighted by atomic mass is 127. The number of hydrogen-bond acceptors (Lipinski definition) is 4. The SMILES string of the molecule is CN=C(NCc1nncn1C)N1CCN(c2cccc(C)c2C)CC1.I. The lowest BCUT2D eigenvalue weighted by Gasteiger charge is -2.38. The smallest absolute Gasteiger partial charge is 0.194 e. The van der Waals surface area contributed by atoms with Gasteiger partial charge in [-0.3, -0.25) is 4.99 Å². The number of aryl methyl sites for hydroxylation is 2. The molecule has 1 aromatic heterocycles. The van der Waals surface area contributed by atoms with Crippen molar-refractivity contribution in [3.05, 3.63) is 41.5 Å². The van der Waals surface area contributed by atoms with Crippen molar-refractivity contribution in [1.82, 2.24) is 25.0 Å². The minimum absolute atomic E-state index is 0. The molecule has 8 heteroatoms. The molecule has 1 saturated heterocycles. The van der Waals surface area contributed by atoms with Gasteiger partial charge in [0.2, 0.25) is 0 Å². The maximum atomic E-state index is 4.43. The average Bonchev–Trinajstić information content (AvgIpc) is 3.04. The van der Waals surface area contributed by atoms with E-state index in [1.54, 1.807) is 6.33 Å². The van der Waals surface area contributed by atoms with Crippen molar-refractivity contribution < 1.29 is 0 Å². The van der Waals surface area contributed by atoms with E-state index in [9.17, 15) is 0 Å². The van der Waals surface area contributed by atoms with Crippen molar-refractivity contribution in [2.75, 3.05) is 38.1 Å². The third-order valence-corrected chi connectivity index (χ3v) is 4.92. The summed E-state index contributed by atoms with van der Waals surface area (Å²) in [5.74, 6) is 1.82. The maximum absolute atomic E-state index is 4.43. The maximum Gasteiger partial charge on any atom is 0.194 e. The summed E-state index contributed by atoms with van der Waals surface area (Å²) in [6.07, 6.45) is 1.71. The van der Waals surface area contributed by atoms with Gasteiger partial charge in [0.25, 0.3) is 0 Å². The molecule has 3 rings (SSSR count). The lowest BCUT2D eigenvalue weighted by molar-refractivity contribution is 0.371. The van der Waals surface area contributed by atoms with Gasteiger partial charge in [-0.05, 0) is 31.0 Å². The quantitative estimate of drug-likeness (QED) is 0.423. The minimum atomic E-state index is 0. The number of halogens is 1. The van der Waals surface area contributed by atoms with Crippen LogP contribution in [0.15, 0.2) is 29.5 Å². The van der Waals surface area contributed by atoms with Crippen molar-refractivity contribution in [2.24, 2.45) is 12.0 Å². The normalized spacial score (nSPS) is 15.0. The predicted octanol–water partition coefficient (Wildman–Crippen LogP) is 1.95. The number of nitrogens with one attached hydrogen (secondary N) is 1. The minimum Gasteiger partial charge on any atom is -0.368 e. The first-order chi connectivity index (χ1) is 12.1. The van der Waals surface area contributed by atoms with E-state index >= 15 is 0 Å². The van der Waals surface area contributed by atoms with Gasteiger partial charge in [0.05, 0.1) is 6.54 Å². The molecule has 1 aliphatic rings. The number of hydrogen-bond donors (Lipinski definition) is 1. The van der Waals surface area contributed by atoms with Crippen molar-refractivity contribution in [3.63, 3.8) is 0 Å². The monoisotopic (exact) mass is 469 g/mol. The van der Waals surface area contributed by atoms with Crippen LogP contribution in [0.4, 0.5) is 5.69 Å². The molecule has 0 amide bonds. The van der Waals surface area contributed by atoms with E-state index in [1.807, 2.05) is 18.7 Å². The summed E-state index contributed by atoms with van der Waals surface area (Å²) in [5.41, 5.74) is 4.07. The van der Waals surface area contributed by atoms with Crippen LogP contribution in [0.25, 0.3) is 0 Å². The van der Waals surface area contributed by atoms with E-state index in [-0.39, 0.29) is 24.0 Å². The Labute approximate surface area is 172 Å². The van der Waals surface area contributed by atoms with Crippen LogP contribution >= 0.6 is 24.0 Å². The molecule has 1 aromatic carbocycles. The summed E-state index contributed by atoms with van der Waals surface area (Å²) < 4.78 is 1.92. The molecule has 0 atom stereocenters. The van der Waals surface area contributed by atoms with Gasteiger partial charge in [0, 0.05) is 46.0 Å². The van der Waals surface area contributed by atoms with Crippen molar-refractivity contribution >= 4 is 35.6 Å². The first-order valence-corrected chi connectivity index (χ1v) is 8.69. The molecule has 142 valence electrons. The molecular weight excluding hydrogens is 441 g/mol. The predicted molar refractivity (Wildman–Crippen MR) is 116 cm³/mol. The standard InChI is InChI=1S/C18H27N7.HI/c1-14-6-5-7-16(15(14)2)24-8-10-25(11-9-24)18(19-3)20-12-17-22-21-13-23(17)4;/h5-7,13H,8-12H2,1-4H3,(H,19,20);1H. The van der Waals surface area contributed by atoms with Gasteiger partial charge in [0.15, 0.2) is 11.8 Å². The van der Waals surface area contributed by atoms with Crippen molar-refractivity contribution in [3.8, 4) is 0 Å². The molecule has 2 heterocycles. The third kappa shape index (κ3) is 4.46. The topological polar surface area (TPSA) is 61.6 Å². The molecule has 2 aromatic rings. The van der Waals surface area contributed by atoms with Crippen LogP contribution in [0.3, 0.4) is 0 Å². The molecule has 1 N–H and O–H groups in total. The van der Waals surface area contributed by atoms with Crippen LogP contribution in [0.2, 0.25) is 0 Å². The molecule has 0 unspecified atom stereocenters. The summed E-state index contributed by atoms with van der Waals surface area (Å²) in [4.78, 5) is 9.20. The molecule has 7 nitrogen and oxygen atoms in total. The lowest BCUT2D eigenvalue weighted by Crippen LogP contribution is -2.52. The van der Waals surface area contributed by atoms with Gasteiger partial charge in [-0.15, -0.1) is 34.2 Å². The first kappa shape index (κ1) is 20.5. The number of nitrogens with zero attached hydrogens (tertiary/aromatic N) is 6. The highest BCUT2D eigenvalue weighted by molar-refractivity contribution is 14.0. The highest BCUT2D eigenvalue weighted by Gasteiger charge is 2.21. The molecule has 1 fully saturated rings. The molecule has 0 saturated carbocycles. The molecular formula is C18H28IN7. The van der Waals surface area contributed by atoms with E-state index in [0.29, 0.717) is 6.54 Å². The number of aliphatic imine (C=N–C) groups is 1. The van der Waals surface area contributed by atoms with Crippen LogP contribution in [-0.2, 0) is 13.6 Å². The van der Waals surface area contributed by atoms with Gasteiger partial charge in [0.1, 0.15) is 6.33 Å². The highest BCUT2D eigenvalue weighted by Crippen LogP contribution is 2.23. The van der Waals surface area contributed by atoms with Crippen LogP contribution in [0.5, 0.6) is 0 Å². The largest absolute Gasteiger partial charge is 0.368 e. The Balaban J connectivity index is 0.00000243. The number of benzene rings is 1. The summed E-state index contributed by atoms with van der Waals surface area (Å²) in [5, 5.41) is 11.4. The van der Waals surface area contributed by atoms with Gasteiger partial charge in [-0.2, -0.15) is 0 Å². The summed E-state index contributed by atoms with van der Waals surface area (Å²) in [6, 6.07) is 6.54. The zero-order valence-corrected chi connectivity index (χ0v) is 18.3. The zero-order chi connectivity index (χ0) is 17.8. The van der Waals surface area contributed by atoms with E-state index in [1.165, 1.54) is 16.8 Å². The Bertz CT molecular complexity index is 748. The van der Waals surface area contributed by atoms with Crippen LogP contribution in [-0.4, -0.2) is 58.9 Å². The number of piperazine rings is 1. The summed E-state index contributed by atoms with van der Waals surface area (Å²) in [6.45, 7) is 8.90. The first-order valence-electron chi connectivity index (χ1n) is 8.69. The van der Waals surface area contributed by atoms with Crippen molar-refractivity contribution in [1.29, 1.82) is 0 Å². The van der Waals surface area contributed by atoms with Crippen LogP contribution in [0, 0.1) is 13.8 Å². The van der Waals surface area contributed by atoms with Crippen LogP contribution < -0.4 is 10.2 Å². The Morgan fingerprint density at radius 1 is 1.19 bits per heavy atom. The number of guanidine groups is 1. The molecule has 0 radical (unpaired) electrons. The number of aromatic nitrogens is 3. The fourth-order valence-corrected chi connectivity index (χ4v) is 3.19. The zero-order valence-electron chi connectivity index (χ0n) is 15.9. The Kier molecular flexibility index (Phi) is 7.24. The Hall–Kier alpha value is -1.84. The second-order valence-corrected chi connectivity index (χ2v) is 6.45. The van der Waals surface area contributed by atoms with Gasteiger partial charge < -0.3 is 19.7 Å². The van der Waals surface area contributed by atoms with E-state index in [0.717, 1.165) is 38.0 Å². The van der Waals surface area contributed by atoms with Crippen molar-refractivity contribution in [2.45, 2.75) is 20.4 Å². The third-order valence-electron chi connectivity index (χ3n) is 4.92. The number of rotatable bonds is 3. The second kappa shape index (κ2) is 9.20. The molecule has 0 aliphatic carbocycles. The average molecular weight is 469 g/mol. The van der Waals surface area contributed by atoms with Gasteiger partial charge >= 0.3 is 0 Å². The molecule has 1 aliphatic heterocycles. The number of anilines is 1. The summed E-state index contributed by atoms with van der Waals surface area (Å²) in [7, 11) is 3.78. The van der Waals surface area contributed by atoms with Gasteiger partial charge in [-0.1, -0.05) is 12.1 Å². The Morgan fingerprint density at radius 3 is 2.54 bits per heavy atom. The van der Waals surface area contributed by atoms with E-state index < -0.39 is 0 Å². The molecule has 26 heavy (non-hydrogen) atoms. The van der Waals surface area contributed by atoms with E-state index in [4.69, 9.17) is 0 Å². The molecule has 0 bridgehead atoms.